The largest absolute Gasteiger partial charge is 0.340 e. The Hall–Kier alpha value is -4.54. The summed E-state index contributed by atoms with van der Waals surface area (Å²) in [5.41, 5.74) is -2.27. The standard InChI is InChI=1S/C30H30F5N5O4/c1-14(37-25(41)19-20(31)22(33)24(35)23(34)21(19)32)26(42)39(6)17(11-29(2,3)4)27(43)40-13-30(12-18(40)36-5)15-9-7-8-10-16(15)38-28(30)44/h7-10,14,17-18H,11-13H2,1-4,6H3,(H,37,41)(H,38,44)/t14-,17-,18-,30-/m0/s1. The number of likely N-dealkylation sites (tertiary alicyclic amines) is 1. The maximum Gasteiger partial charge on any atom is 0.302 e. The molecule has 0 saturated carbocycles. The van der Waals surface area contributed by atoms with Crippen LogP contribution in [0.3, 0.4) is 0 Å². The molecule has 1 fully saturated rings. The van der Waals surface area contributed by atoms with Crippen molar-refractivity contribution in [2.45, 2.75) is 64.2 Å². The lowest BCUT2D eigenvalue weighted by molar-refractivity contribution is -0.146. The molecule has 0 radical (unpaired) electrons. The van der Waals surface area contributed by atoms with E-state index in [2.05, 4.69) is 10.2 Å². The Morgan fingerprint density at radius 3 is 2.23 bits per heavy atom. The molecule has 0 bridgehead atoms. The van der Waals surface area contributed by atoms with Crippen LogP contribution in [0.2, 0.25) is 0 Å². The Morgan fingerprint density at radius 2 is 1.66 bits per heavy atom. The van der Waals surface area contributed by atoms with Gasteiger partial charge >= 0.3 is 6.17 Å². The third-order valence-electron chi connectivity index (χ3n) is 7.95. The molecule has 0 aromatic heterocycles. The minimum absolute atomic E-state index is 0.0271. The van der Waals surface area contributed by atoms with Gasteiger partial charge in [0.2, 0.25) is 17.6 Å². The molecule has 4 amide bonds. The van der Waals surface area contributed by atoms with Gasteiger partial charge in [-0.05, 0) is 30.4 Å². The number of benzene rings is 2. The highest BCUT2D eigenvalue weighted by Crippen LogP contribution is 2.47. The van der Waals surface area contributed by atoms with Crippen molar-refractivity contribution in [1.82, 2.24) is 15.1 Å². The van der Waals surface area contributed by atoms with Crippen molar-refractivity contribution in [2.75, 3.05) is 18.9 Å². The Morgan fingerprint density at radius 1 is 1.09 bits per heavy atom. The Kier molecular flexibility index (Phi) is 8.47. The van der Waals surface area contributed by atoms with Crippen molar-refractivity contribution in [1.29, 1.82) is 0 Å². The average molecular weight is 620 g/mol. The first-order valence-electron chi connectivity index (χ1n) is 13.6. The van der Waals surface area contributed by atoms with Crippen LogP contribution in [0.1, 0.15) is 56.5 Å². The second kappa shape index (κ2) is 11.5. The molecular weight excluding hydrogens is 589 g/mol. The number of amides is 4. The van der Waals surface area contributed by atoms with E-state index >= 15 is 0 Å². The van der Waals surface area contributed by atoms with Gasteiger partial charge in [-0.15, -0.1) is 0 Å². The second-order valence-electron chi connectivity index (χ2n) is 12.2. The second-order valence-corrected chi connectivity index (χ2v) is 12.2. The molecule has 4 rings (SSSR count). The summed E-state index contributed by atoms with van der Waals surface area (Å²) >= 11 is 0. The molecule has 44 heavy (non-hydrogen) atoms. The molecule has 234 valence electrons. The van der Waals surface area contributed by atoms with Gasteiger partial charge in [-0.1, -0.05) is 39.0 Å². The maximum atomic E-state index is 14.2. The quantitative estimate of drug-likeness (QED) is 0.220. The molecule has 2 heterocycles. The first-order valence-corrected chi connectivity index (χ1v) is 13.6. The van der Waals surface area contributed by atoms with Gasteiger partial charge in [-0.2, -0.15) is 0 Å². The third kappa shape index (κ3) is 5.46. The van der Waals surface area contributed by atoms with Crippen molar-refractivity contribution in [2.24, 2.45) is 5.41 Å². The minimum atomic E-state index is -2.44. The van der Waals surface area contributed by atoms with E-state index in [1.165, 1.54) is 11.9 Å². The van der Waals surface area contributed by atoms with Crippen LogP contribution < -0.4 is 10.6 Å². The van der Waals surface area contributed by atoms with Gasteiger partial charge in [0.05, 0.1) is 6.42 Å². The predicted octanol–water partition coefficient (Wildman–Crippen LogP) is 4.13. The number of carbonyl (C=O) groups excluding carboxylic acids is 4. The molecule has 9 nitrogen and oxygen atoms in total. The van der Waals surface area contributed by atoms with E-state index in [1.54, 1.807) is 45.0 Å². The highest BCUT2D eigenvalue weighted by atomic mass is 19.2. The number of halogens is 5. The van der Waals surface area contributed by atoms with Crippen LogP contribution in [0.15, 0.2) is 24.3 Å². The maximum absolute atomic E-state index is 14.2. The molecular formula is C30H30F5N5O4. The summed E-state index contributed by atoms with van der Waals surface area (Å²) in [7, 11) is 1.26. The molecule has 0 aliphatic carbocycles. The van der Waals surface area contributed by atoms with Crippen molar-refractivity contribution in [3.63, 3.8) is 0 Å². The number of carbonyl (C=O) groups is 4. The number of para-hydroxylation sites is 1. The molecule has 2 aliphatic heterocycles. The lowest BCUT2D eigenvalue weighted by Crippen LogP contribution is -2.56. The summed E-state index contributed by atoms with van der Waals surface area (Å²) in [6.45, 7) is 14.2. The van der Waals surface area contributed by atoms with Crippen LogP contribution in [0.25, 0.3) is 4.85 Å². The van der Waals surface area contributed by atoms with Gasteiger partial charge in [0.25, 0.3) is 11.8 Å². The van der Waals surface area contributed by atoms with Crippen LogP contribution in [-0.2, 0) is 19.8 Å². The molecule has 14 heteroatoms. The van der Waals surface area contributed by atoms with Crippen molar-refractivity contribution in [3.05, 3.63) is 75.9 Å². The summed E-state index contributed by atoms with van der Waals surface area (Å²) in [5, 5.41) is 4.74. The number of hydrogen-bond donors (Lipinski definition) is 2. The van der Waals surface area contributed by atoms with E-state index in [0.717, 1.165) is 11.8 Å². The van der Waals surface area contributed by atoms with Crippen LogP contribution >= 0.6 is 0 Å². The Bertz CT molecular complexity index is 1570. The van der Waals surface area contributed by atoms with Crippen molar-refractivity contribution < 1.29 is 41.1 Å². The smallest absolute Gasteiger partial charge is 0.302 e. The normalized spacial score (nSPS) is 20.5. The zero-order chi connectivity index (χ0) is 32.9. The number of nitrogens with one attached hydrogen (secondary N) is 2. The molecule has 2 aromatic rings. The lowest BCUT2D eigenvalue weighted by atomic mass is 9.80. The summed E-state index contributed by atoms with van der Waals surface area (Å²) in [5.74, 6) is -15.4. The zero-order valence-electron chi connectivity index (χ0n) is 24.5. The van der Waals surface area contributed by atoms with E-state index in [1.807, 2.05) is 5.32 Å². The van der Waals surface area contributed by atoms with Crippen molar-refractivity contribution >= 4 is 29.3 Å². The third-order valence-corrected chi connectivity index (χ3v) is 7.95. The average Bonchev–Trinajstić information content (AvgIpc) is 3.49. The van der Waals surface area contributed by atoms with Crippen molar-refractivity contribution in [3.8, 4) is 0 Å². The fourth-order valence-electron chi connectivity index (χ4n) is 5.71. The fraction of sp³-hybridized carbons (Fsp3) is 0.433. The van der Waals surface area contributed by atoms with Gasteiger partial charge in [0, 0.05) is 19.3 Å². The summed E-state index contributed by atoms with van der Waals surface area (Å²) in [6, 6.07) is 4.17. The number of anilines is 1. The lowest BCUT2D eigenvalue weighted by Gasteiger charge is -2.36. The molecule has 4 atom stereocenters. The Labute approximate surface area is 250 Å². The summed E-state index contributed by atoms with van der Waals surface area (Å²) < 4.78 is 69.1. The van der Waals surface area contributed by atoms with Crippen LogP contribution in [0.4, 0.5) is 27.6 Å². The number of fused-ring (bicyclic) bond motifs is 2. The van der Waals surface area contributed by atoms with Crippen LogP contribution in [0, 0.1) is 41.1 Å². The van der Waals surface area contributed by atoms with Gasteiger partial charge in [0.15, 0.2) is 23.3 Å². The number of nitrogens with zero attached hydrogens (tertiary/aromatic N) is 3. The monoisotopic (exact) mass is 619 g/mol. The number of hydrogen-bond acceptors (Lipinski definition) is 4. The van der Waals surface area contributed by atoms with E-state index < -0.39 is 81.5 Å². The SMILES string of the molecule is [C-]#[N+][C@@H]1C[C@@]2(CN1C(=O)[C@H](CC(C)(C)C)N(C)C(=O)[C@H](C)NC(=O)c1c(F)c(F)c(F)c(F)c1F)C(=O)Nc1ccccc12. The Balaban J connectivity index is 1.61. The molecule has 1 spiro atoms. The summed E-state index contributed by atoms with van der Waals surface area (Å²) in [6.07, 6.45) is -0.931. The molecule has 2 aliphatic rings. The highest BCUT2D eigenvalue weighted by Gasteiger charge is 2.59. The zero-order valence-corrected chi connectivity index (χ0v) is 24.5. The first-order chi connectivity index (χ1) is 20.4. The van der Waals surface area contributed by atoms with Gasteiger partial charge in [-0.3, -0.25) is 28.9 Å². The number of likely N-dealkylation sites (N-methyl/N-ethyl adjacent to an activating group) is 1. The summed E-state index contributed by atoms with van der Waals surface area (Å²) in [4.78, 5) is 59.2. The fourth-order valence-corrected chi connectivity index (χ4v) is 5.71. The molecule has 2 aromatic carbocycles. The van der Waals surface area contributed by atoms with Gasteiger partial charge < -0.3 is 15.5 Å². The molecule has 0 unspecified atom stereocenters. The van der Waals surface area contributed by atoms with Gasteiger partial charge in [0.1, 0.15) is 23.1 Å². The van der Waals surface area contributed by atoms with E-state index in [4.69, 9.17) is 6.57 Å². The minimum Gasteiger partial charge on any atom is -0.340 e. The molecule has 2 N–H and O–H groups in total. The van der Waals surface area contributed by atoms with E-state index in [0.29, 0.717) is 11.3 Å². The van der Waals surface area contributed by atoms with E-state index in [-0.39, 0.29) is 25.3 Å². The first kappa shape index (κ1) is 32.4. The van der Waals surface area contributed by atoms with E-state index in [9.17, 15) is 41.1 Å². The van der Waals surface area contributed by atoms with Crippen LogP contribution in [0.5, 0.6) is 0 Å². The molecule has 1 saturated heterocycles. The van der Waals surface area contributed by atoms with Crippen LogP contribution in [-0.4, -0.2) is 65.3 Å². The predicted molar refractivity (Wildman–Crippen MR) is 147 cm³/mol. The highest BCUT2D eigenvalue weighted by molar-refractivity contribution is 6.07. The topological polar surface area (TPSA) is 103 Å². The number of rotatable bonds is 6. The van der Waals surface area contributed by atoms with Gasteiger partial charge in [-0.25, -0.2) is 28.5 Å².